The molecule has 0 atom stereocenters. The van der Waals surface area contributed by atoms with E-state index in [9.17, 15) is 4.79 Å². The highest BCUT2D eigenvalue weighted by Gasteiger charge is 2.19. The number of benzene rings is 2. The van der Waals surface area contributed by atoms with Crippen molar-refractivity contribution in [2.75, 3.05) is 5.32 Å². The summed E-state index contributed by atoms with van der Waals surface area (Å²) in [6.07, 6.45) is 0. The van der Waals surface area contributed by atoms with Gasteiger partial charge in [-0.3, -0.25) is 4.79 Å². The Morgan fingerprint density at radius 1 is 0.828 bits per heavy atom. The standard InChI is InChI=1S/C25H23N3O/c1-15-9-11-19(12-10-15)24-18(4)23(20-7-5-6-8-21(20)27-24)25(29)28-22-14-16(2)13-17(3)26-22/h5-14H,1-4H3,(H,26,28,29). The molecule has 29 heavy (non-hydrogen) atoms. The number of anilines is 1. The summed E-state index contributed by atoms with van der Waals surface area (Å²) in [5.74, 6) is 0.386. The molecule has 0 saturated carbocycles. The fraction of sp³-hybridized carbons (Fsp3) is 0.160. The van der Waals surface area contributed by atoms with Gasteiger partial charge in [-0.1, -0.05) is 48.0 Å². The fourth-order valence-corrected chi connectivity index (χ4v) is 3.68. The zero-order valence-electron chi connectivity index (χ0n) is 17.1. The molecule has 2 aromatic heterocycles. The van der Waals surface area contributed by atoms with E-state index in [0.29, 0.717) is 11.4 Å². The summed E-state index contributed by atoms with van der Waals surface area (Å²) in [4.78, 5) is 22.6. The van der Waals surface area contributed by atoms with Crippen LogP contribution in [0.2, 0.25) is 0 Å². The molecule has 1 amide bonds. The summed E-state index contributed by atoms with van der Waals surface area (Å²) >= 11 is 0. The number of pyridine rings is 2. The van der Waals surface area contributed by atoms with Crippen LogP contribution < -0.4 is 5.32 Å². The topological polar surface area (TPSA) is 54.9 Å². The average Bonchev–Trinajstić information content (AvgIpc) is 2.67. The van der Waals surface area contributed by atoms with E-state index >= 15 is 0 Å². The molecule has 4 aromatic rings. The highest BCUT2D eigenvalue weighted by molar-refractivity contribution is 6.14. The van der Waals surface area contributed by atoms with Crippen LogP contribution in [0.15, 0.2) is 60.7 Å². The van der Waals surface area contributed by atoms with Crippen molar-refractivity contribution in [1.29, 1.82) is 0 Å². The largest absolute Gasteiger partial charge is 0.307 e. The predicted molar refractivity (Wildman–Crippen MR) is 118 cm³/mol. The van der Waals surface area contributed by atoms with E-state index in [1.165, 1.54) is 5.56 Å². The van der Waals surface area contributed by atoms with Gasteiger partial charge >= 0.3 is 0 Å². The Morgan fingerprint density at radius 3 is 2.28 bits per heavy atom. The number of para-hydroxylation sites is 1. The molecule has 4 nitrogen and oxygen atoms in total. The van der Waals surface area contributed by atoms with Crippen molar-refractivity contribution in [2.45, 2.75) is 27.7 Å². The smallest absolute Gasteiger partial charge is 0.257 e. The van der Waals surface area contributed by atoms with Crippen molar-refractivity contribution in [3.8, 4) is 11.3 Å². The lowest BCUT2D eigenvalue weighted by Crippen LogP contribution is -2.16. The van der Waals surface area contributed by atoms with Crippen molar-refractivity contribution < 1.29 is 4.79 Å². The van der Waals surface area contributed by atoms with Crippen molar-refractivity contribution >= 4 is 22.6 Å². The number of nitrogens with one attached hydrogen (secondary N) is 1. The molecule has 0 spiro atoms. The Morgan fingerprint density at radius 2 is 1.55 bits per heavy atom. The Bertz CT molecular complexity index is 1210. The summed E-state index contributed by atoms with van der Waals surface area (Å²) in [5.41, 5.74) is 7.22. The number of hydrogen-bond acceptors (Lipinski definition) is 3. The molecular weight excluding hydrogens is 358 g/mol. The first-order chi connectivity index (χ1) is 13.9. The predicted octanol–water partition coefficient (Wildman–Crippen LogP) is 5.78. The van der Waals surface area contributed by atoms with Gasteiger partial charge in [-0.15, -0.1) is 0 Å². The first kappa shape index (κ1) is 18.8. The van der Waals surface area contributed by atoms with E-state index in [4.69, 9.17) is 4.98 Å². The highest BCUT2D eigenvalue weighted by Crippen LogP contribution is 2.30. The van der Waals surface area contributed by atoms with E-state index in [-0.39, 0.29) is 5.91 Å². The second-order valence-electron chi connectivity index (χ2n) is 7.47. The van der Waals surface area contributed by atoms with Crippen LogP contribution in [0.3, 0.4) is 0 Å². The molecule has 0 radical (unpaired) electrons. The number of hydrogen-bond donors (Lipinski definition) is 1. The van der Waals surface area contributed by atoms with Crippen LogP contribution >= 0.6 is 0 Å². The van der Waals surface area contributed by atoms with Crippen LogP contribution in [0.1, 0.15) is 32.7 Å². The maximum atomic E-state index is 13.3. The molecule has 144 valence electrons. The first-order valence-electron chi connectivity index (χ1n) is 9.65. The maximum absolute atomic E-state index is 13.3. The summed E-state index contributed by atoms with van der Waals surface area (Å²) < 4.78 is 0. The first-order valence-corrected chi connectivity index (χ1v) is 9.65. The number of nitrogens with zero attached hydrogens (tertiary/aromatic N) is 2. The molecule has 2 aromatic carbocycles. The van der Waals surface area contributed by atoms with Gasteiger partial charge in [0.2, 0.25) is 0 Å². The minimum Gasteiger partial charge on any atom is -0.307 e. The van der Waals surface area contributed by atoms with E-state index in [1.807, 2.05) is 69.3 Å². The molecule has 0 bridgehead atoms. The lowest BCUT2D eigenvalue weighted by Gasteiger charge is -2.15. The van der Waals surface area contributed by atoms with Gasteiger partial charge in [-0.05, 0) is 57.0 Å². The van der Waals surface area contributed by atoms with Gasteiger partial charge in [0, 0.05) is 16.6 Å². The molecule has 0 unspecified atom stereocenters. The van der Waals surface area contributed by atoms with Crippen LogP contribution in [0.25, 0.3) is 22.2 Å². The number of carbonyl (C=O) groups excluding carboxylic acids is 1. The summed E-state index contributed by atoms with van der Waals surface area (Å²) in [6, 6.07) is 19.8. The number of rotatable bonds is 3. The van der Waals surface area contributed by atoms with Crippen LogP contribution in [-0.4, -0.2) is 15.9 Å². The Balaban J connectivity index is 1.87. The molecule has 0 saturated heterocycles. The van der Waals surface area contributed by atoms with Gasteiger partial charge in [0.05, 0.1) is 16.8 Å². The van der Waals surface area contributed by atoms with Gasteiger partial charge in [0.15, 0.2) is 0 Å². The molecule has 4 rings (SSSR count). The molecule has 0 aliphatic rings. The van der Waals surface area contributed by atoms with E-state index < -0.39 is 0 Å². The molecule has 0 aliphatic carbocycles. The van der Waals surface area contributed by atoms with Crippen LogP contribution in [0.5, 0.6) is 0 Å². The van der Waals surface area contributed by atoms with Gasteiger partial charge in [-0.2, -0.15) is 0 Å². The lowest BCUT2D eigenvalue weighted by atomic mass is 9.96. The summed E-state index contributed by atoms with van der Waals surface area (Å²) in [6.45, 7) is 7.93. The molecule has 0 aliphatic heterocycles. The quantitative estimate of drug-likeness (QED) is 0.489. The number of fused-ring (bicyclic) bond motifs is 1. The Labute approximate surface area is 170 Å². The van der Waals surface area contributed by atoms with Crippen LogP contribution in [0.4, 0.5) is 5.82 Å². The monoisotopic (exact) mass is 381 g/mol. The molecule has 0 fully saturated rings. The molecule has 4 heteroatoms. The van der Waals surface area contributed by atoms with E-state index in [2.05, 4.69) is 29.4 Å². The van der Waals surface area contributed by atoms with Crippen molar-refractivity contribution in [3.63, 3.8) is 0 Å². The second kappa shape index (κ2) is 7.47. The molecular formula is C25H23N3O. The highest BCUT2D eigenvalue weighted by atomic mass is 16.1. The summed E-state index contributed by atoms with van der Waals surface area (Å²) in [7, 11) is 0. The van der Waals surface area contributed by atoms with Gasteiger partial charge in [0.25, 0.3) is 5.91 Å². The molecule has 1 N–H and O–H groups in total. The van der Waals surface area contributed by atoms with Gasteiger partial charge < -0.3 is 5.32 Å². The van der Waals surface area contributed by atoms with Crippen molar-refractivity contribution in [3.05, 3.63) is 88.6 Å². The third kappa shape index (κ3) is 3.74. The fourth-order valence-electron chi connectivity index (χ4n) is 3.68. The van der Waals surface area contributed by atoms with Crippen molar-refractivity contribution in [1.82, 2.24) is 9.97 Å². The average molecular weight is 381 g/mol. The SMILES string of the molecule is Cc1ccc(-c2nc3ccccc3c(C(=O)Nc3cc(C)cc(C)n3)c2C)cc1. The minimum absolute atomic E-state index is 0.174. The van der Waals surface area contributed by atoms with Gasteiger partial charge in [-0.25, -0.2) is 9.97 Å². The zero-order chi connectivity index (χ0) is 20.5. The minimum atomic E-state index is -0.174. The lowest BCUT2D eigenvalue weighted by molar-refractivity contribution is 0.102. The Hall–Kier alpha value is -3.53. The van der Waals surface area contributed by atoms with Crippen LogP contribution in [0, 0.1) is 27.7 Å². The van der Waals surface area contributed by atoms with E-state index in [0.717, 1.165) is 39.0 Å². The summed E-state index contributed by atoms with van der Waals surface area (Å²) in [5, 5.41) is 3.82. The second-order valence-corrected chi connectivity index (χ2v) is 7.47. The van der Waals surface area contributed by atoms with Gasteiger partial charge in [0.1, 0.15) is 5.82 Å². The zero-order valence-corrected chi connectivity index (χ0v) is 17.1. The number of carbonyl (C=O) groups is 1. The third-order valence-electron chi connectivity index (χ3n) is 5.03. The normalized spacial score (nSPS) is 10.9. The number of aromatic nitrogens is 2. The number of amides is 1. The third-order valence-corrected chi connectivity index (χ3v) is 5.03. The van der Waals surface area contributed by atoms with Crippen LogP contribution in [-0.2, 0) is 0 Å². The molecule has 2 heterocycles. The maximum Gasteiger partial charge on any atom is 0.257 e. The van der Waals surface area contributed by atoms with Crippen molar-refractivity contribution in [2.24, 2.45) is 0 Å². The van der Waals surface area contributed by atoms with E-state index in [1.54, 1.807) is 0 Å². The Kier molecular flexibility index (Phi) is 4.85. The number of aryl methyl sites for hydroxylation is 3.